The van der Waals surface area contributed by atoms with E-state index in [1.165, 1.54) is 0 Å². The van der Waals surface area contributed by atoms with Crippen molar-refractivity contribution in [3.63, 3.8) is 0 Å². The van der Waals surface area contributed by atoms with Crippen molar-refractivity contribution < 1.29 is 9.59 Å². The lowest BCUT2D eigenvalue weighted by Crippen LogP contribution is -2.41. The lowest BCUT2D eigenvalue weighted by atomic mass is 9.98. The minimum Gasteiger partial charge on any atom is -0.353 e. The van der Waals surface area contributed by atoms with Crippen LogP contribution < -0.4 is 11.1 Å². The highest BCUT2D eigenvalue weighted by Crippen LogP contribution is 2.37. The number of rotatable bonds is 4. The van der Waals surface area contributed by atoms with Gasteiger partial charge in [-0.1, -0.05) is 12.8 Å². The van der Waals surface area contributed by atoms with Crippen LogP contribution in [0.15, 0.2) is 0 Å². The molecule has 3 N–H and O–H groups in total. The van der Waals surface area contributed by atoms with Gasteiger partial charge in [0.25, 0.3) is 0 Å². The van der Waals surface area contributed by atoms with Gasteiger partial charge in [0.2, 0.25) is 11.8 Å². The van der Waals surface area contributed by atoms with E-state index < -0.39 is 0 Å². The average Bonchev–Trinajstić information content (AvgIpc) is 3.17. The number of amides is 2. The molecule has 5 nitrogen and oxygen atoms in total. The van der Waals surface area contributed by atoms with E-state index in [0.717, 1.165) is 51.6 Å². The van der Waals surface area contributed by atoms with Crippen molar-refractivity contribution in [1.29, 1.82) is 0 Å². The van der Waals surface area contributed by atoms with Crippen LogP contribution in [0.5, 0.6) is 0 Å². The molecule has 0 aromatic carbocycles. The number of nitrogens with two attached hydrogens (primary N) is 1. The highest BCUT2D eigenvalue weighted by molar-refractivity contribution is 5.85. The molecule has 3 fully saturated rings. The second kappa shape index (κ2) is 7.84. The minimum atomic E-state index is -0.0743. The Kier molecular flexibility index (Phi) is 6.32. The number of nitrogens with one attached hydrogen (secondary N) is 1. The summed E-state index contributed by atoms with van der Waals surface area (Å²) in [6, 6.07) is 0.192. The van der Waals surface area contributed by atoms with E-state index in [0.29, 0.717) is 18.3 Å². The smallest absolute Gasteiger partial charge is 0.224 e. The van der Waals surface area contributed by atoms with Crippen LogP contribution in [0.25, 0.3) is 0 Å². The van der Waals surface area contributed by atoms with Crippen molar-refractivity contribution in [1.82, 2.24) is 10.2 Å². The van der Waals surface area contributed by atoms with Crippen molar-refractivity contribution >= 4 is 24.2 Å². The van der Waals surface area contributed by atoms with Crippen LogP contribution in [0.2, 0.25) is 0 Å². The third-order valence-electron chi connectivity index (χ3n) is 5.86. The van der Waals surface area contributed by atoms with E-state index in [2.05, 4.69) is 5.32 Å². The maximum absolute atomic E-state index is 12.4. The standard InChI is InChI=1S/C17H29N3O2.ClH/c1-11(19-17(22)12-4-2-3-5-12)8-16(21)20-9-13-6-7-15(18)14(13)10-20;/h11-15H,2-10,18H2,1H3,(H,19,22);1H. The largest absolute Gasteiger partial charge is 0.353 e. The van der Waals surface area contributed by atoms with Gasteiger partial charge in [-0.05, 0) is 44.4 Å². The van der Waals surface area contributed by atoms with E-state index in [1.54, 1.807) is 0 Å². The summed E-state index contributed by atoms with van der Waals surface area (Å²) in [5, 5.41) is 3.02. The highest BCUT2D eigenvalue weighted by Gasteiger charge is 2.42. The maximum atomic E-state index is 12.4. The first-order valence-corrected chi connectivity index (χ1v) is 8.88. The van der Waals surface area contributed by atoms with Crippen LogP contribution in [0, 0.1) is 17.8 Å². The maximum Gasteiger partial charge on any atom is 0.224 e. The summed E-state index contributed by atoms with van der Waals surface area (Å²) < 4.78 is 0. The summed E-state index contributed by atoms with van der Waals surface area (Å²) in [4.78, 5) is 26.5. The fourth-order valence-corrected chi connectivity index (χ4v) is 4.50. The zero-order valence-corrected chi connectivity index (χ0v) is 14.8. The Morgan fingerprint density at radius 1 is 1.17 bits per heavy atom. The predicted molar refractivity (Wildman–Crippen MR) is 92.2 cm³/mol. The van der Waals surface area contributed by atoms with Crippen LogP contribution in [-0.4, -0.2) is 41.9 Å². The number of carbonyl (C=O) groups is 2. The van der Waals surface area contributed by atoms with Gasteiger partial charge in [0, 0.05) is 37.5 Å². The van der Waals surface area contributed by atoms with Gasteiger partial charge in [-0.2, -0.15) is 0 Å². The zero-order chi connectivity index (χ0) is 15.7. The number of halogens is 1. The summed E-state index contributed by atoms with van der Waals surface area (Å²) in [7, 11) is 0. The van der Waals surface area contributed by atoms with Gasteiger partial charge in [-0.3, -0.25) is 9.59 Å². The van der Waals surface area contributed by atoms with E-state index in [9.17, 15) is 9.59 Å². The Balaban J connectivity index is 0.00000192. The summed E-state index contributed by atoms with van der Waals surface area (Å²) in [6.07, 6.45) is 6.98. The van der Waals surface area contributed by atoms with Gasteiger partial charge in [0.05, 0.1) is 0 Å². The van der Waals surface area contributed by atoms with Crippen molar-refractivity contribution in [2.24, 2.45) is 23.5 Å². The molecule has 0 radical (unpaired) electrons. The van der Waals surface area contributed by atoms with Crippen LogP contribution in [0.1, 0.15) is 51.9 Å². The SMILES string of the molecule is CC(CC(=O)N1CC2CCC(N)C2C1)NC(=O)C1CCCC1.Cl. The molecule has 3 rings (SSSR count). The summed E-state index contributed by atoms with van der Waals surface area (Å²) >= 11 is 0. The Morgan fingerprint density at radius 3 is 2.52 bits per heavy atom. The molecule has 2 saturated carbocycles. The normalized spacial score (nSPS) is 31.6. The van der Waals surface area contributed by atoms with E-state index in [-0.39, 0.29) is 42.2 Å². The van der Waals surface area contributed by atoms with Crippen molar-refractivity contribution in [2.75, 3.05) is 13.1 Å². The first-order chi connectivity index (χ1) is 10.5. The molecule has 6 heteroatoms. The summed E-state index contributed by atoms with van der Waals surface area (Å²) in [5.41, 5.74) is 6.12. The van der Waals surface area contributed by atoms with E-state index in [4.69, 9.17) is 5.73 Å². The Bertz CT molecular complexity index is 440. The molecule has 2 aliphatic carbocycles. The Labute approximate surface area is 145 Å². The topological polar surface area (TPSA) is 75.4 Å². The molecule has 0 spiro atoms. The molecule has 1 aliphatic heterocycles. The molecule has 2 amide bonds. The second-order valence-corrected chi connectivity index (χ2v) is 7.56. The quantitative estimate of drug-likeness (QED) is 0.815. The van der Waals surface area contributed by atoms with Gasteiger partial charge in [0.15, 0.2) is 0 Å². The lowest BCUT2D eigenvalue weighted by molar-refractivity contribution is -0.131. The van der Waals surface area contributed by atoms with Crippen LogP contribution in [0.3, 0.4) is 0 Å². The lowest BCUT2D eigenvalue weighted by Gasteiger charge is -2.22. The molecule has 3 aliphatic rings. The molecule has 1 heterocycles. The van der Waals surface area contributed by atoms with Gasteiger partial charge >= 0.3 is 0 Å². The fourth-order valence-electron chi connectivity index (χ4n) is 4.50. The molecule has 0 bridgehead atoms. The zero-order valence-electron chi connectivity index (χ0n) is 14.0. The summed E-state index contributed by atoms with van der Waals surface area (Å²) in [5.74, 6) is 1.57. The highest BCUT2D eigenvalue weighted by atomic mass is 35.5. The molecular formula is C17H30ClN3O2. The van der Waals surface area contributed by atoms with Crippen molar-refractivity contribution in [3.8, 4) is 0 Å². The molecule has 0 aromatic heterocycles. The second-order valence-electron chi connectivity index (χ2n) is 7.56. The van der Waals surface area contributed by atoms with E-state index in [1.807, 2.05) is 11.8 Å². The number of fused-ring (bicyclic) bond motifs is 1. The monoisotopic (exact) mass is 343 g/mol. The predicted octanol–water partition coefficient (Wildman–Crippen LogP) is 1.69. The van der Waals surface area contributed by atoms with Crippen LogP contribution in [0.4, 0.5) is 0 Å². The third kappa shape index (κ3) is 4.18. The molecular weight excluding hydrogens is 314 g/mol. The van der Waals surface area contributed by atoms with Crippen LogP contribution in [-0.2, 0) is 9.59 Å². The number of hydrogen-bond donors (Lipinski definition) is 2. The van der Waals surface area contributed by atoms with Crippen molar-refractivity contribution in [2.45, 2.75) is 64.0 Å². The number of likely N-dealkylation sites (tertiary alicyclic amines) is 1. The molecule has 23 heavy (non-hydrogen) atoms. The third-order valence-corrected chi connectivity index (χ3v) is 5.86. The molecule has 4 unspecified atom stereocenters. The molecule has 1 saturated heterocycles. The van der Waals surface area contributed by atoms with Gasteiger partial charge in [-0.25, -0.2) is 0 Å². The van der Waals surface area contributed by atoms with E-state index >= 15 is 0 Å². The number of carbonyl (C=O) groups excluding carboxylic acids is 2. The van der Waals surface area contributed by atoms with Gasteiger partial charge < -0.3 is 16.0 Å². The number of hydrogen-bond acceptors (Lipinski definition) is 3. The van der Waals surface area contributed by atoms with Gasteiger partial charge in [0.1, 0.15) is 0 Å². The van der Waals surface area contributed by atoms with Crippen molar-refractivity contribution in [3.05, 3.63) is 0 Å². The fraction of sp³-hybridized carbons (Fsp3) is 0.882. The van der Waals surface area contributed by atoms with Crippen LogP contribution >= 0.6 is 12.4 Å². The Morgan fingerprint density at radius 2 is 1.87 bits per heavy atom. The Hall–Kier alpha value is -0.810. The number of nitrogens with zero attached hydrogens (tertiary/aromatic N) is 1. The molecule has 0 aromatic rings. The van der Waals surface area contributed by atoms with Gasteiger partial charge in [-0.15, -0.1) is 12.4 Å². The first kappa shape index (κ1) is 18.5. The molecule has 4 atom stereocenters. The minimum absolute atomic E-state index is 0. The first-order valence-electron chi connectivity index (χ1n) is 8.88. The molecule has 132 valence electrons. The average molecular weight is 344 g/mol. The summed E-state index contributed by atoms with van der Waals surface area (Å²) in [6.45, 7) is 3.61.